The number of allylic oxidation sites excluding steroid dienone is 8. The maximum atomic E-state index is 6.68. The second kappa shape index (κ2) is 29.4. The fourth-order valence-electron chi connectivity index (χ4n) is 7.66. The standard InChI is InChI=1S/C46H84NO2/c1-6-8-10-12-14-16-18-20-22-24-26-28-30-32-34-36-38-42(46-48-44-40-43(47(3,4)5)41-45(44)49-46)39-37-35-33-31-29-27-25-23-21-19-17-15-13-11-9-7-2/h14-17,20-23,42-46H,6-13,18-19,24-41H2,1-5H3/q+1/b16-14-,17-15-,22-20-,23-21-/t43?,44-,45?,46?/m0/s1. The molecule has 1 heterocycles. The first kappa shape index (κ1) is 44.0. The SMILES string of the molecule is CCCCC/C=C\C/C=C\CCCCCCCCC(CCCCCCCC/C=C\C/C=C\CCCCC)C1OC2CC([N+](C)(C)C)C[C@@H]2O1. The van der Waals surface area contributed by atoms with Gasteiger partial charge in [-0.15, -0.1) is 0 Å². The van der Waals surface area contributed by atoms with Gasteiger partial charge in [0, 0.05) is 18.8 Å². The molecule has 1 aliphatic carbocycles. The predicted molar refractivity (Wildman–Crippen MR) is 216 cm³/mol. The Hall–Kier alpha value is -1.16. The van der Waals surface area contributed by atoms with E-state index in [1.54, 1.807) is 0 Å². The van der Waals surface area contributed by atoms with Crippen LogP contribution < -0.4 is 0 Å². The lowest BCUT2D eigenvalue weighted by Gasteiger charge is -2.32. The van der Waals surface area contributed by atoms with Gasteiger partial charge in [0.1, 0.15) is 0 Å². The zero-order valence-electron chi connectivity index (χ0n) is 33.6. The Balaban J connectivity index is 1.58. The first-order valence-electron chi connectivity index (χ1n) is 21.7. The normalized spacial score (nSPS) is 21.6. The van der Waals surface area contributed by atoms with Crippen LogP contribution in [-0.4, -0.2) is 50.2 Å². The van der Waals surface area contributed by atoms with Crippen LogP contribution in [0.3, 0.4) is 0 Å². The summed E-state index contributed by atoms with van der Waals surface area (Å²) in [5, 5.41) is 0. The van der Waals surface area contributed by atoms with Gasteiger partial charge in [-0.25, -0.2) is 0 Å². The van der Waals surface area contributed by atoms with Crippen LogP contribution >= 0.6 is 0 Å². The van der Waals surface area contributed by atoms with Crippen LogP contribution in [0.5, 0.6) is 0 Å². The van der Waals surface area contributed by atoms with E-state index in [4.69, 9.17) is 9.47 Å². The topological polar surface area (TPSA) is 18.5 Å². The number of fused-ring (bicyclic) bond motifs is 1. The highest BCUT2D eigenvalue weighted by atomic mass is 16.7. The number of rotatable bonds is 32. The van der Waals surface area contributed by atoms with E-state index in [1.807, 2.05) is 0 Å². The minimum Gasteiger partial charge on any atom is -0.346 e. The monoisotopic (exact) mass is 683 g/mol. The average Bonchev–Trinajstić information content (AvgIpc) is 3.67. The Morgan fingerprint density at radius 2 is 0.816 bits per heavy atom. The van der Waals surface area contributed by atoms with E-state index in [2.05, 4.69) is 83.6 Å². The van der Waals surface area contributed by atoms with E-state index in [0.717, 1.165) is 30.2 Å². The predicted octanol–water partition coefficient (Wildman–Crippen LogP) is 14.0. The number of ether oxygens (including phenoxy) is 2. The van der Waals surface area contributed by atoms with E-state index in [0.29, 0.717) is 24.2 Å². The van der Waals surface area contributed by atoms with Crippen molar-refractivity contribution >= 4 is 0 Å². The molecule has 3 heteroatoms. The maximum absolute atomic E-state index is 6.68. The fourth-order valence-corrected chi connectivity index (χ4v) is 7.66. The molecule has 284 valence electrons. The summed E-state index contributed by atoms with van der Waals surface area (Å²) in [5.74, 6) is 0.574. The van der Waals surface area contributed by atoms with E-state index in [9.17, 15) is 0 Å². The molecular weight excluding hydrogens is 599 g/mol. The van der Waals surface area contributed by atoms with Crippen molar-refractivity contribution in [3.05, 3.63) is 48.6 Å². The summed E-state index contributed by atoms with van der Waals surface area (Å²) in [7, 11) is 6.97. The molecule has 1 saturated heterocycles. The molecule has 1 aliphatic heterocycles. The van der Waals surface area contributed by atoms with Crippen molar-refractivity contribution in [3.8, 4) is 0 Å². The minimum atomic E-state index is 0.0411. The smallest absolute Gasteiger partial charge is 0.161 e. The van der Waals surface area contributed by atoms with Crippen molar-refractivity contribution in [2.24, 2.45) is 5.92 Å². The lowest BCUT2D eigenvalue weighted by atomic mass is 9.93. The largest absolute Gasteiger partial charge is 0.346 e. The molecule has 3 unspecified atom stereocenters. The first-order chi connectivity index (χ1) is 24.0. The van der Waals surface area contributed by atoms with E-state index < -0.39 is 0 Å². The first-order valence-corrected chi connectivity index (χ1v) is 21.7. The molecule has 49 heavy (non-hydrogen) atoms. The van der Waals surface area contributed by atoms with Crippen LogP contribution in [0.2, 0.25) is 0 Å². The second-order valence-electron chi connectivity index (χ2n) is 16.5. The van der Waals surface area contributed by atoms with Gasteiger partial charge in [0.2, 0.25) is 0 Å². The summed E-state index contributed by atoms with van der Waals surface area (Å²) >= 11 is 0. The lowest BCUT2D eigenvalue weighted by Crippen LogP contribution is -2.44. The molecular formula is C46H84NO2+. The molecule has 0 amide bonds. The highest BCUT2D eigenvalue weighted by molar-refractivity contribution is 4.94. The zero-order chi connectivity index (χ0) is 35.3. The second-order valence-corrected chi connectivity index (χ2v) is 16.5. The summed E-state index contributed by atoms with van der Waals surface area (Å²) in [6.45, 7) is 4.55. The summed E-state index contributed by atoms with van der Waals surface area (Å²) in [4.78, 5) is 0. The molecule has 0 aromatic rings. The molecule has 4 atom stereocenters. The van der Waals surface area contributed by atoms with Crippen molar-refractivity contribution in [1.29, 1.82) is 0 Å². The van der Waals surface area contributed by atoms with Crippen LogP contribution in [0, 0.1) is 5.92 Å². The van der Waals surface area contributed by atoms with Crippen LogP contribution in [0.1, 0.15) is 194 Å². The van der Waals surface area contributed by atoms with Crippen LogP contribution in [-0.2, 0) is 9.47 Å². The third-order valence-electron chi connectivity index (χ3n) is 11.1. The van der Waals surface area contributed by atoms with Gasteiger partial charge in [0.25, 0.3) is 0 Å². The molecule has 2 aliphatic rings. The summed E-state index contributed by atoms with van der Waals surface area (Å²) in [6, 6.07) is 0.662. The van der Waals surface area contributed by atoms with E-state index >= 15 is 0 Å². The third-order valence-corrected chi connectivity index (χ3v) is 11.1. The Labute approximate surface area is 307 Å². The van der Waals surface area contributed by atoms with Crippen molar-refractivity contribution in [3.63, 3.8) is 0 Å². The van der Waals surface area contributed by atoms with Crippen molar-refractivity contribution in [2.75, 3.05) is 21.1 Å². The number of unbranched alkanes of at least 4 members (excludes halogenated alkanes) is 18. The van der Waals surface area contributed by atoms with Crippen LogP contribution in [0.25, 0.3) is 0 Å². The molecule has 1 saturated carbocycles. The fraction of sp³-hybridized carbons (Fsp3) is 0.826. The molecule has 0 spiro atoms. The lowest BCUT2D eigenvalue weighted by molar-refractivity contribution is -0.895. The Bertz CT molecular complexity index is 805. The molecule has 0 radical (unpaired) electrons. The van der Waals surface area contributed by atoms with Gasteiger partial charge in [0.15, 0.2) is 6.29 Å². The third kappa shape index (κ3) is 22.4. The number of nitrogens with zero attached hydrogens (tertiary/aromatic N) is 1. The Kier molecular flexibility index (Phi) is 26.4. The van der Waals surface area contributed by atoms with Gasteiger partial charge in [-0.1, -0.05) is 152 Å². The summed E-state index contributed by atoms with van der Waals surface area (Å²) in [6.07, 6.45) is 56.0. The van der Waals surface area contributed by atoms with Crippen LogP contribution in [0.4, 0.5) is 0 Å². The highest BCUT2D eigenvalue weighted by Gasteiger charge is 2.49. The quantitative estimate of drug-likeness (QED) is 0.0399. The summed E-state index contributed by atoms with van der Waals surface area (Å²) in [5.41, 5.74) is 0. The molecule has 3 nitrogen and oxygen atoms in total. The minimum absolute atomic E-state index is 0.0411. The van der Waals surface area contributed by atoms with Gasteiger partial charge in [-0.05, 0) is 77.0 Å². The van der Waals surface area contributed by atoms with Crippen molar-refractivity contribution < 1.29 is 14.0 Å². The van der Waals surface area contributed by atoms with E-state index in [1.165, 1.54) is 154 Å². The van der Waals surface area contributed by atoms with Gasteiger partial charge in [-0.3, -0.25) is 0 Å². The van der Waals surface area contributed by atoms with Gasteiger partial charge in [0.05, 0.1) is 39.4 Å². The van der Waals surface area contributed by atoms with Crippen molar-refractivity contribution in [1.82, 2.24) is 0 Å². The molecule has 2 rings (SSSR count). The van der Waals surface area contributed by atoms with Gasteiger partial charge in [-0.2, -0.15) is 0 Å². The zero-order valence-corrected chi connectivity index (χ0v) is 33.6. The highest BCUT2D eigenvalue weighted by Crippen LogP contribution is 2.40. The van der Waals surface area contributed by atoms with Gasteiger partial charge < -0.3 is 14.0 Å². The molecule has 0 bridgehead atoms. The number of hydrogen-bond acceptors (Lipinski definition) is 2. The number of quaternary nitrogens is 1. The van der Waals surface area contributed by atoms with Crippen molar-refractivity contribution in [2.45, 2.75) is 218 Å². The molecule has 0 aromatic carbocycles. The Morgan fingerprint density at radius 3 is 1.18 bits per heavy atom. The molecule has 0 N–H and O–H groups in total. The molecule has 0 aromatic heterocycles. The maximum Gasteiger partial charge on any atom is 0.161 e. The van der Waals surface area contributed by atoms with E-state index in [-0.39, 0.29) is 6.29 Å². The van der Waals surface area contributed by atoms with Gasteiger partial charge >= 0.3 is 0 Å². The molecule has 2 fully saturated rings. The Morgan fingerprint density at radius 1 is 0.469 bits per heavy atom. The average molecular weight is 683 g/mol. The summed E-state index contributed by atoms with van der Waals surface area (Å²) < 4.78 is 14.4. The number of hydrogen-bond donors (Lipinski definition) is 0. The van der Waals surface area contributed by atoms with Crippen LogP contribution in [0.15, 0.2) is 48.6 Å².